The maximum absolute atomic E-state index is 11.7. The van der Waals surface area contributed by atoms with Crippen molar-refractivity contribution >= 4 is 28.3 Å². The highest BCUT2D eigenvalue weighted by Gasteiger charge is 2.25. The first kappa shape index (κ1) is 14.1. The molecule has 106 valence electrons. The fourth-order valence-electron chi connectivity index (χ4n) is 2.58. The van der Waals surface area contributed by atoms with Crippen LogP contribution >= 0.6 is 11.5 Å². The van der Waals surface area contributed by atoms with Gasteiger partial charge in [-0.2, -0.15) is 4.37 Å². The summed E-state index contributed by atoms with van der Waals surface area (Å²) in [4.78, 5) is 11.7. The van der Waals surface area contributed by atoms with E-state index in [-0.39, 0.29) is 5.82 Å². The second-order valence-corrected chi connectivity index (χ2v) is 5.90. The second-order valence-electron chi connectivity index (χ2n) is 5.13. The van der Waals surface area contributed by atoms with E-state index in [2.05, 4.69) is 16.6 Å². The van der Waals surface area contributed by atoms with Crippen LogP contribution in [0.25, 0.3) is 0 Å². The van der Waals surface area contributed by atoms with E-state index in [1.165, 1.54) is 44.3 Å². The van der Waals surface area contributed by atoms with E-state index >= 15 is 0 Å². The molecule has 3 N–H and O–H groups in total. The van der Waals surface area contributed by atoms with Crippen molar-refractivity contribution in [1.29, 1.82) is 0 Å². The first-order chi connectivity index (χ1) is 9.13. The van der Waals surface area contributed by atoms with Crippen molar-refractivity contribution in [3.63, 3.8) is 0 Å². The number of nitrogens with zero attached hydrogens (tertiary/aromatic N) is 1. The maximum atomic E-state index is 11.7. The van der Waals surface area contributed by atoms with Crippen molar-refractivity contribution in [1.82, 2.24) is 4.37 Å². The van der Waals surface area contributed by atoms with Gasteiger partial charge in [0.05, 0.1) is 7.11 Å². The Hall–Kier alpha value is -1.30. The molecule has 1 aliphatic carbocycles. The smallest absolute Gasteiger partial charge is 0.344 e. The number of carbonyl (C=O) groups excluding carboxylic acids is 1. The number of hydrogen-bond acceptors (Lipinski definition) is 6. The molecule has 0 aliphatic heterocycles. The fourth-order valence-corrected chi connectivity index (χ4v) is 3.34. The molecule has 0 aromatic carbocycles. The van der Waals surface area contributed by atoms with Gasteiger partial charge in [0.15, 0.2) is 5.82 Å². The molecule has 0 spiro atoms. The van der Waals surface area contributed by atoms with Gasteiger partial charge in [-0.05, 0) is 30.3 Å². The molecule has 1 aromatic rings. The van der Waals surface area contributed by atoms with Gasteiger partial charge < -0.3 is 15.8 Å². The van der Waals surface area contributed by atoms with Gasteiger partial charge in [-0.3, -0.25) is 0 Å². The van der Waals surface area contributed by atoms with Crippen LogP contribution in [0.15, 0.2) is 0 Å². The topological polar surface area (TPSA) is 77.2 Å². The molecule has 2 rings (SSSR count). The number of nitrogens with one attached hydrogen (secondary N) is 1. The number of hydrogen-bond donors (Lipinski definition) is 2. The highest BCUT2D eigenvalue weighted by atomic mass is 32.1. The number of aromatic nitrogens is 1. The van der Waals surface area contributed by atoms with Gasteiger partial charge in [0.1, 0.15) is 10.6 Å². The zero-order valence-electron chi connectivity index (χ0n) is 11.4. The molecule has 19 heavy (non-hydrogen) atoms. The van der Waals surface area contributed by atoms with Crippen LogP contribution in [-0.4, -0.2) is 23.5 Å². The predicted molar refractivity (Wildman–Crippen MR) is 77.5 cm³/mol. The molecule has 1 saturated carbocycles. The summed E-state index contributed by atoms with van der Waals surface area (Å²) >= 11 is 1.24. The highest BCUT2D eigenvalue weighted by Crippen LogP contribution is 2.32. The van der Waals surface area contributed by atoms with Gasteiger partial charge in [-0.25, -0.2) is 4.79 Å². The number of esters is 1. The number of ether oxygens (including phenoxy) is 1. The number of nitrogens with two attached hydrogens (primary N) is 1. The molecule has 1 fully saturated rings. The Morgan fingerprint density at radius 3 is 2.89 bits per heavy atom. The summed E-state index contributed by atoms with van der Waals surface area (Å²) in [5.74, 6) is 0.423. The molecule has 1 aromatic heterocycles. The largest absolute Gasteiger partial charge is 0.465 e. The molecule has 1 heterocycles. The third-order valence-corrected chi connectivity index (χ3v) is 4.58. The van der Waals surface area contributed by atoms with E-state index in [1.807, 2.05) is 0 Å². The lowest BCUT2D eigenvalue weighted by molar-refractivity contribution is 0.0603. The minimum absolute atomic E-state index is 0.251. The molecule has 5 nitrogen and oxygen atoms in total. The van der Waals surface area contributed by atoms with Crippen molar-refractivity contribution in [2.24, 2.45) is 5.92 Å². The van der Waals surface area contributed by atoms with E-state index in [0.29, 0.717) is 17.5 Å². The average molecular weight is 283 g/mol. The standard InChI is InChI=1S/C13H21N3O2S/c1-8-6-4-3-5-7-9(8)15-12-10(13(17)18-2)11(14)16-19-12/h8-9,15H,3-7H2,1-2H3,(H2,14,16). The Morgan fingerprint density at radius 2 is 2.16 bits per heavy atom. The third kappa shape index (κ3) is 3.18. The molecular weight excluding hydrogens is 262 g/mol. The third-order valence-electron chi connectivity index (χ3n) is 3.79. The number of methoxy groups -OCH3 is 1. The number of rotatable bonds is 3. The van der Waals surface area contributed by atoms with Gasteiger partial charge in [0.25, 0.3) is 0 Å². The quantitative estimate of drug-likeness (QED) is 0.659. The Labute approximate surface area is 117 Å². The van der Waals surface area contributed by atoms with E-state index in [9.17, 15) is 4.79 Å². The van der Waals surface area contributed by atoms with Crippen molar-refractivity contribution in [3.8, 4) is 0 Å². The second kappa shape index (κ2) is 6.23. The Balaban J connectivity index is 2.16. The number of nitrogen functional groups attached to an aromatic ring is 1. The van der Waals surface area contributed by atoms with Crippen molar-refractivity contribution in [2.75, 3.05) is 18.2 Å². The average Bonchev–Trinajstić information content (AvgIpc) is 2.64. The number of anilines is 2. The summed E-state index contributed by atoms with van der Waals surface area (Å²) in [6.07, 6.45) is 6.15. The Bertz CT molecular complexity index is 447. The summed E-state index contributed by atoms with van der Waals surface area (Å²) < 4.78 is 8.82. The van der Waals surface area contributed by atoms with Crippen LogP contribution in [0.1, 0.15) is 49.4 Å². The first-order valence-corrected chi connectivity index (χ1v) is 7.50. The zero-order chi connectivity index (χ0) is 13.8. The van der Waals surface area contributed by atoms with E-state index in [4.69, 9.17) is 10.5 Å². The van der Waals surface area contributed by atoms with Crippen LogP contribution in [0, 0.1) is 5.92 Å². The highest BCUT2D eigenvalue weighted by molar-refractivity contribution is 7.11. The molecule has 1 aliphatic rings. The Morgan fingerprint density at radius 1 is 1.42 bits per heavy atom. The van der Waals surface area contributed by atoms with Gasteiger partial charge in [-0.15, -0.1) is 0 Å². The lowest BCUT2D eigenvalue weighted by Crippen LogP contribution is -2.26. The summed E-state index contributed by atoms with van der Waals surface area (Å²) in [7, 11) is 1.36. The number of carbonyl (C=O) groups is 1. The lowest BCUT2D eigenvalue weighted by atomic mass is 9.97. The summed E-state index contributed by atoms with van der Waals surface area (Å²) in [6.45, 7) is 2.26. The lowest BCUT2D eigenvalue weighted by Gasteiger charge is -2.23. The maximum Gasteiger partial charge on any atom is 0.344 e. The van der Waals surface area contributed by atoms with Gasteiger partial charge in [-0.1, -0.05) is 26.2 Å². The van der Waals surface area contributed by atoms with Crippen LogP contribution in [-0.2, 0) is 4.74 Å². The Kier molecular flexibility index (Phi) is 4.63. The van der Waals surface area contributed by atoms with E-state index in [1.54, 1.807) is 0 Å². The molecule has 2 atom stereocenters. The van der Waals surface area contributed by atoms with Gasteiger partial charge >= 0.3 is 5.97 Å². The van der Waals surface area contributed by atoms with Crippen LogP contribution in [0.2, 0.25) is 0 Å². The molecule has 0 radical (unpaired) electrons. The van der Waals surface area contributed by atoms with E-state index < -0.39 is 5.97 Å². The van der Waals surface area contributed by atoms with Crippen LogP contribution in [0.3, 0.4) is 0 Å². The summed E-state index contributed by atoms with van der Waals surface area (Å²) in [6, 6.07) is 0.380. The first-order valence-electron chi connectivity index (χ1n) is 6.73. The van der Waals surface area contributed by atoms with Crippen molar-refractivity contribution < 1.29 is 9.53 Å². The van der Waals surface area contributed by atoms with E-state index in [0.717, 1.165) is 11.4 Å². The van der Waals surface area contributed by atoms with Crippen LogP contribution < -0.4 is 11.1 Å². The summed E-state index contributed by atoms with van der Waals surface area (Å²) in [5.41, 5.74) is 6.13. The predicted octanol–water partition coefficient (Wildman–Crippen LogP) is 2.89. The van der Waals surface area contributed by atoms with Crippen molar-refractivity contribution in [3.05, 3.63) is 5.56 Å². The van der Waals surface area contributed by atoms with Crippen LogP contribution in [0.4, 0.5) is 10.8 Å². The SMILES string of the molecule is COC(=O)c1c(N)nsc1NC1CCCCCC1C. The summed E-state index contributed by atoms with van der Waals surface area (Å²) in [5, 5.41) is 4.19. The van der Waals surface area contributed by atoms with Crippen molar-refractivity contribution in [2.45, 2.75) is 45.1 Å². The monoisotopic (exact) mass is 283 g/mol. The minimum Gasteiger partial charge on any atom is -0.465 e. The molecule has 2 unspecified atom stereocenters. The minimum atomic E-state index is -0.421. The molecule has 6 heteroatoms. The molecular formula is C13H21N3O2S. The molecule has 0 bridgehead atoms. The molecule has 0 saturated heterocycles. The molecule has 0 amide bonds. The van der Waals surface area contributed by atoms with Crippen LogP contribution in [0.5, 0.6) is 0 Å². The zero-order valence-corrected chi connectivity index (χ0v) is 12.3. The van der Waals surface area contributed by atoms with Gasteiger partial charge in [0, 0.05) is 6.04 Å². The normalized spacial score (nSPS) is 23.7. The van der Waals surface area contributed by atoms with Gasteiger partial charge in [0.2, 0.25) is 0 Å². The fraction of sp³-hybridized carbons (Fsp3) is 0.692.